The molecule has 0 radical (unpaired) electrons. The van der Waals surface area contributed by atoms with E-state index >= 15 is 0 Å². The average Bonchev–Trinajstić information content (AvgIpc) is 3.14. The standard InChI is InChI=1S/C18H21FN2O2/c1-12-16(13(2)23-20-12)9-10-18(22)21-11-3-4-17(21)14-5-7-15(19)8-6-14/h5-8,17H,3-4,9-11H2,1-2H3. The molecule has 1 aromatic carbocycles. The quantitative estimate of drug-likeness (QED) is 0.863. The van der Waals surface area contributed by atoms with E-state index in [1.54, 1.807) is 12.1 Å². The summed E-state index contributed by atoms with van der Waals surface area (Å²) in [6.45, 7) is 4.53. The lowest BCUT2D eigenvalue weighted by atomic mass is 10.0. The van der Waals surface area contributed by atoms with Gasteiger partial charge in [0.1, 0.15) is 11.6 Å². The van der Waals surface area contributed by atoms with Crippen molar-refractivity contribution in [3.05, 3.63) is 52.7 Å². The summed E-state index contributed by atoms with van der Waals surface area (Å²) in [5.41, 5.74) is 2.89. The number of benzene rings is 1. The largest absolute Gasteiger partial charge is 0.361 e. The van der Waals surface area contributed by atoms with Crippen molar-refractivity contribution in [2.75, 3.05) is 6.54 Å². The topological polar surface area (TPSA) is 46.3 Å². The number of hydrogen-bond acceptors (Lipinski definition) is 3. The summed E-state index contributed by atoms with van der Waals surface area (Å²) in [7, 11) is 0. The van der Waals surface area contributed by atoms with Crippen LogP contribution in [0.5, 0.6) is 0 Å². The van der Waals surface area contributed by atoms with Gasteiger partial charge in [-0.15, -0.1) is 0 Å². The van der Waals surface area contributed by atoms with Crippen molar-refractivity contribution in [1.82, 2.24) is 10.1 Å². The molecule has 1 aromatic heterocycles. The van der Waals surface area contributed by atoms with Crippen LogP contribution in [0.3, 0.4) is 0 Å². The Morgan fingerprint density at radius 3 is 2.74 bits per heavy atom. The fourth-order valence-electron chi connectivity index (χ4n) is 3.33. The molecule has 1 amide bonds. The molecule has 4 nitrogen and oxygen atoms in total. The van der Waals surface area contributed by atoms with Gasteiger partial charge in [0.15, 0.2) is 0 Å². The lowest BCUT2D eigenvalue weighted by molar-refractivity contribution is -0.132. The zero-order valence-electron chi connectivity index (χ0n) is 13.5. The van der Waals surface area contributed by atoms with Gasteiger partial charge in [0.05, 0.1) is 11.7 Å². The first-order chi connectivity index (χ1) is 11.1. The highest BCUT2D eigenvalue weighted by atomic mass is 19.1. The molecule has 5 heteroatoms. The van der Waals surface area contributed by atoms with E-state index in [2.05, 4.69) is 5.16 Å². The molecule has 0 N–H and O–H groups in total. The number of likely N-dealkylation sites (tertiary alicyclic amines) is 1. The van der Waals surface area contributed by atoms with E-state index in [9.17, 15) is 9.18 Å². The number of aryl methyl sites for hydroxylation is 2. The molecule has 2 heterocycles. The van der Waals surface area contributed by atoms with Gasteiger partial charge in [0.2, 0.25) is 5.91 Å². The van der Waals surface area contributed by atoms with Crippen molar-refractivity contribution in [2.24, 2.45) is 0 Å². The number of aromatic nitrogens is 1. The molecule has 0 spiro atoms. The Morgan fingerprint density at radius 2 is 2.09 bits per heavy atom. The van der Waals surface area contributed by atoms with Crippen molar-refractivity contribution in [3.63, 3.8) is 0 Å². The highest BCUT2D eigenvalue weighted by molar-refractivity contribution is 5.77. The second-order valence-electron chi connectivity index (χ2n) is 6.10. The Hall–Kier alpha value is -2.17. The predicted molar refractivity (Wildman–Crippen MR) is 84.4 cm³/mol. The first kappa shape index (κ1) is 15.7. The Kier molecular flexibility index (Phi) is 4.46. The maximum atomic E-state index is 13.1. The van der Waals surface area contributed by atoms with Crippen molar-refractivity contribution in [2.45, 2.75) is 45.6 Å². The third-order valence-corrected chi connectivity index (χ3v) is 4.60. The monoisotopic (exact) mass is 316 g/mol. The summed E-state index contributed by atoms with van der Waals surface area (Å²) < 4.78 is 18.2. The van der Waals surface area contributed by atoms with Crippen LogP contribution in [0, 0.1) is 19.7 Å². The Balaban J connectivity index is 1.67. The number of nitrogens with zero attached hydrogens (tertiary/aromatic N) is 2. The summed E-state index contributed by atoms with van der Waals surface area (Å²) >= 11 is 0. The number of halogens is 1. The lowest BCUT2D eigenvalue weighted by Gasteiger charge is -2.25. The highest BCUT2D eigenvalue weighted by Crippen LogP contribution is 2.32. The molecule has 122 valence electrons. The number of carbonyl (C=O) groups is 1. The van der Waals surface area contributed by atoms with Crippen LogP contribution in [0.25, 0.3) is 0 Å². The van der Waals surface area contributed by atoms with Crippen molar-refractivity contribution in [1.29, 1.82) is 0 Å². The van der Waals surface area contributed by atoms with Crippen LogP contribution in [0.15, 0.2) is 28.8 Å². The first-order valence-corrected chi connectivity index (χ1v) is 8.03. The molecule has 1 unspecified atom stereocenters. The molecule has 1 aliphatic rings. The van der Waals surface area contributed by atoms with Crippen LogP contribution < -0.4 is 0 Å². The summed E-state index contributed by atoms with van der Waals surface area (Å²) in [5.74, 6) is 0.673. The van der Waals surface area contributed by atoms with Crippen molar-refractivity contribution < 1.29 is 13.7 Å². The predicted octanol–water partition coefficient (Wildman–Crippen LogP) is 3.73. The fourth-order valence-corrected chi connectivity index (χ4v) is 3.33. The minimum atomic E-state index is -0.247. The molecule has 0 aliphatic carbocycles. The molecule has 1 atom stereocenters. The maximum Gasteiger partial charge on any atom is 0.223 e. The van der Waals surface area contributed by atoms with Gasteiger partial charge in [0.25, 0.3) is 0 Å². The highest BCUT2D eigenvalue weighted by Gasteiger charge is 2.29. The van der Waals surface area contributed by atoms with E-state index < -0.39 is 0 Å². The Morgan fingerprint density at radius 1 is 1.35 bits per heavy atom. The number of amides is 1. The summed E-state index contributed by atoms with van der Waals surface area (Å²) in [6.07, 6.45) is 3.01. The van der Waals surface area contributed by atoms with Gasteiger partial charge in [-0.3, -0.25) is 4.79 Å². The van der Waals surface area contributed by atoms with Gasteiger partial charge in [-0.1, -0.05) is 17.3 Å². The summed E-state index contributed by atoms with van der Waals surface area (Å²) in [4.78, 5) is 14.5. The van der Waals surface area contributed by atoms with E-state index in [4.69, 9.17) is 4.52 Å². The Bertz CT molecular complexity index is 674. The van der Waals surface area contributed by atoms with Crippen LogP contribution in [0.2, 0.25) is 0 Å². The average molecular weight is 316 g/mol. The molecule has 2 aromatic rings. The summed E-state index contributed by atoms with van der Waals surface area (Å²) in [6, 6.07) is 6.54. The van der Waals surface area contributed by atoms with Gasteiger partial charge in [-0.25, -0.2) is 4.39 Å². The van der Waals surface area contributed by atoms with E-state index in [0.717, 1.165) is 42.0 Å². The SMILES string of the molecule is Cc1noc(C)c1CCC(=O)N1CCCC1c1ccc(F)cc1. The van der Waals surface area contributed by atoms with Gasteiger partial charge in [0, 0.05) is 18.5 Å². The minimum Gasteiger partial charge on any atom is -0.361 e. The van der Waals surface area contributed by atoms with Crippen LogP contribution in [-0.2, 0) is 11.2 Å². The molecule has 0 bridgehead atoms. The van der Waals surface area contributed by atoms with E-state index in [1.807, 2.05) is 18.7 Å². The number of rotatable bonds is 4. The molecule has 1 saturated heterocycles. The molecule has 23 heavy (non-hydrogen) atoms. The second-order valence-corrected chi connectivity index (χ2v) is 6.10. The minimum absolute atomic E-state index is 0.0627. The molecular weight excluding hydrogens is 295 g/mol. The van der Waals surface area contributed by atoms with E-state index in [-0.39, 0.29) is 17.8 Å². The van der Waals surface area contributed by atoms with Crippen LogP contribution in [0.1, 0.15) is 47.9 Å². The molecule has 0 saturated carbocycles. The maximum absolute atomic E-state index is 13.1. The van der Waals surface area contributed by atoms with Gasteiger partial charge < -0.3 is 9.42 Å². The van der Waals surface area contributed by atoms with Crippen molar-refractivity contribution >= 4 is 5.91 Å². The summed E-state index contributed by atoms with van der Waals surface area (Å²) in [5, 5.41) is 3.93. The van der Waals surface area contributed by atoms with Gasteiger partial charge in [-0.05, 0) is 50.8 Å². The van der Waals surface area contributed by atoms with Gasteiger partial charge >= 0.3 is 0 Å². The lowest BCUT2D eigenvalue weighted by Crippen LogP contribution is -2.30. The first-order valence-electron chi connectivity index (χ1n) is 8.03. The third-order valence-electron chi connectivity index (χ3n) is 4.60. The fraction of sp³-hybridized carbons (Fsp3) is 0.444. The van der Waals surface area contributed by atoms with Crippen LogP contribution >= 0.6 is 0 Å². The van der Waals surface area contributed by atoms with Gasteiger partial charge in [-0.2, -0.15) is 0 Å². The van der Waals surface area contributed by atoms with Crippen LogP contribution in [-0.4, -0.2) is 22.5 Å². The third kappa shape index (κ3) is 3.28. The second kappa shape index (κ2) is 6.52. The molecule has 1 fully saturated rings. The normalized spacial score (nSPS) is 17.7. The number of hydrogen-bond donors (Lipinski definition) is 0. The molecule has 1 aliphatic heterocycles. The zero-order chi connectivity index (χ0) is 16.4. The number of carbonyl (C=O) groups excluding carboxylic acids is 1. The smallest absolute Gasteiger partial charge is 0.223 e. The zero-order valence-corrected chi connectivity index (χ0v) is 13.5. The molecular formula is C18H21FN2O2. The Labute approximate surface area is 135 Å². The van der Waals surface area contributed by atoms with Crippen LogP contribution in [0.4, 0.5) is 4.39 Å². The van der Waals surface area contributed by atoms with E-state index in [0.29, 0.717) is 12.8 Å². The van der Waals surface area contributed by atoms with E-state index in [1.165, 1.54) is 12.1 Å². The molecule has 3 rings (SSSR count). The van der Waals surface area contributed by atoms with Crippen molar-refractivity contribution in [3.8, 4) is 0 Å².